The molecule has 0 fully saturated rings. The van der Waals surface area contributed by atoms with E-state index in [2.05, 4.69) is 4.98 Å². The molecule has 6 heteroatoms. The summed E-state index contributed by atoms with van der Waals surface area (Å²) in [4.78, 5) is 14.1. The number of carbonyl (C=O) groups is 1. The van der Waals surface area contributed by atoms with E-state index in [0.717, 1.165) is 0 Å². The Hall–Kier alpha value is -2.65. The highest BCUT2D eigenvalue weighted by molar-refractivity contribution is 7.18. The largest absolute Gasteiger partial charge is 0.477 e. The number of halogens is 1. The van der Waals surface area contributed by atoms with Gasteiger partial charge < -0.3 is 10.1 Å². The smallest absolute Gasteiger partial charge is 0.353 e. The molecule has 98 valence electrons. The summed E-state index contributed by atoms with van der Waals surface area (Å²) in [6.45, 7) is 0. The highest BCUT2D eigenvalue weighted by atomic mass is 32.1. The minimum absolute atomic E-state index is 0.00922. The van der Waals surface area contributed by atoms with Crippen molar-refractivity contribution in [3.63, 3.8) is 0 Å². The first-order valence-electron chi connectivity index (χ1n) is 5.64. The average molecular weight is 286 g/mol. The second-order valence-corrected chi connectivity index (χ2v) is 5.03. The normalized spacial score (nSPS) is 10.6. The molecule has 0 radical (unpaired) electrons. The first-order chi connectivity index (χ1) is 9.61. The predicted octanol–water partition coefficient (Wildman–Crippen LogP) is 3.61. The van der Waals surface area contributed by atoms with Crippen molar-refractivity contribution >= 4 is 27.5 Å². The zero-order valence-electron chi connectivity index (χ0n) is 9.98. The maximum Gasteiger partial charge on any atom is 0.353 e. The van der Waals surface area contributed by atoms with Crippen LogP contribution >= 0.6 is 11.3 Å². The zero-order valence-corrected chi connectivity index (χ0v) is 10.8. The van der Waals surface area contributed by atoms with E-state index in [1.165, 1.54) is 35.6 Å². The predicted molar refractivity (Wildman–Crippen MR) is 73.2 cm³/mol. The van der Waals surface area contributed by atoms with Crippen LogP contribution in [-0.2, 0) is 0 Å². The summed E-state index contributed by atoms with van der Waals surface area (Å²) in [6.07, 6.45) is 0. The molecule has 0 aliphatic carbocycles. The highest BCUT2D eigenvalue weighted by Gasteiger charge is 2.21. The lowest BCUT2D eigenvalue weighted by Crippen LogP contribution is -1.98. The van der Waals surface area contributed by atoms with Crippen LogP contribution in [0.25, 0.3) is 21.3 Å². The minimum Gasteiger partial charge on any atom is -0.477 e. The number of fused-ring (bicyclic) bond motifs is 1. The fraction of sp³-hybridized carbons (Fsp3) is 0. The molecule has 3 aromatic rings. The molecule has 0 amide bonds. The molecule has 0 aliphatic rings. The fourth-order valence-electron chi connectivity index (χ4n) is 2.10. The molecule has 0 aliphatic heterocycles. The minimum atomic E-state index is -1.11. The number of hydrogen-bond acceptors (Lipinski definition) is 3. The van der Waals surface area contributed by atoms with E-state index >= 15 is 0 Å². The van der Waals surface area contributed by atoms with Crippen molar-refractivity contribution in [1.82, 2.24) is 4.98 Å². The number of thiophene rings is 1. The lowest BCUT2D eigenvalue weighted by molar-refractivity contribution is 0.0692. The number of hydrogen-bond donors (Lipinski definition) is 2. The molecule has 4 nitrogen and oxygen atoms in total. The summed E-state index contributed by atoms with van der Waals surface area (Å²) in [5.41, 5.74) is 2.01. The van der Waals surface area contributed by atoms with Crippen LogP contribution in [-0.4, -0.2) is 16.1 Å². The molecule has 2 N–H and O–H groups in total. The molecule has 20 heavy (non-hydrogen) atoms. The number of aromatic amines is 1. The van der Waals surface area contributed by atoms with Crippen molar-refractivity contribution < 1.29 is 14.3 Å². The topological polar surface area (TPSA) is 76.9 Å². The molecular weight excluding hydrogens is 279 g/mol. The Kier molecular flexibility index (Phi) is 2.77. The number of aromatic carboxylic acids is 1. The molecule has 0 atom stereocenters. The van der Waals surface area contributed by atoms with E-state index in [4.69, 9.17) is 5.26 Å². The number of nitrogens with one attached hydrogen (secondary N) is 1. The Morgan fingerprint density at radius 3 is 2.65 bits per heavy atom. The monoisotopic (exact) mass is 286 g/mol. The number of carboxylic acid groups (broad SMARTS) is 1. The molecule has 0 bridgehead atoms. The second-order valence-electron chi connectivity index (χ2n) is 4.15. The third-order valence-electron chi connectivity index (χ3n) is 2.99. The number of nitrogens with zero attached hydrogens (tertiary/aromatic N) is 1. The fourth-order valence-corrected chi connectivity index (χ4v) is 3.12. The van der Waals surface area contributed by atoms with Crippen LogP contribution in [0.4, 0.5) is 4.39 Å². The Morgan fingerprint density at radius 2 is 2.05 bits per heavy atom. The Morgan fingerprint density at radius 1 is 1.35 bits per heavy atom. The summed E-state index contributed by atoms with van der Waals surface area (Å²) < 4.78 is 13.7. The lowest BCUT2D eigenvalue weighted by Gasteiger charge is -2.01. The molecule has 0 unspecified atom stereocenters. The standard InChI is InChI=1S/C14H7FN2O2S/c15-9-3-1-7(2-4-9)10-12(14(18)19)17-11-8(5-16)6-20-13(10)11/h1-4,6,17H,(H,18,19). The van der Waals surface area contributed by atoms with Crippen molar-refractivity contribution in [3.05, 3.63) is 46.7 Å². The van der Waals surface area contributed by atoms with Crippen molar-refractivity contribution in [3.8, 4) is 17.2 Å². The van der Waals surface area contributed by atoms with Crippen LogP contribution in [0.1, 0.15) is 16.1 Å². The van der Waals surface area contributed by atoms with Crippen LogP contribution in [0.5, 0.6) is 0 Å². The van der Waals surface area contributed by atoms with Gasteiger partial charge in [0.1, 0.15) is 17.6 Å². The van der Waals surface area contributed by atoms with Gasteiger partial charge in [-0.25, -0.2) is 9.18 Å². The third kappa shape index (κ3) is 1.76. The number of benzene rings is 1. The number of nitriles is 1. The van der Waals surface area contributed by atoms with Gasteiger partial charge >= 0.3 is 5.97 Å². The van der Waals surface area contributed by atoms with Gasteiger partial charge in [-0.3, -0.25) is 0 Å². The van der Waals surface area contributed by atoms with Crippen LogP contribution in [0.2, 0.25) is 0 Å². The zero-order chi connectivity index (χ0) is 14.3. The van der Waals surface area contributed by atoms with E-state index in [9.17, 15) is 14.3 Å². The van der Waals surface area contributed by atoms with Gasteiger partial charge in [-0.05, 0) is 17.7 Å². The maximum absolute atomic E-state index is 13.0. The molecule has 2 aromatic heterocycles. The van der Waals surface area contributed by atoms with E-state index in [1.54, 1.807) is 5.38 Å². The highest BCUT2D eigenvalue weighted by Crippen LogP contribution is 2.37. The van der Waals surface area contributed by atoms with Crippen LogP contribution in [0, 0.1) is 17.1 Å². The summed E-state index contributed by atoms with van der Waals surface area (Å²) in [7, 11) is 0. The van der Waals surface area contributed by atoms with Crippen molar-refractivity contribution in [2.45, 2.75) is 0 Å². The quantitative estimate of drug-likeness (QED) is 0.755. The van der Waals surface area contributed by atoms with Gasteiger partial charge in [0.2, 0.25) is 0 Å². The van der Waals surface area contributed by atoms with E-state index in [1.807, 2.05) is 6.07 Å². The van der Waals surface area contributed by atoms with Gasteiger partial charge in [0.25, 0.3) is 0 Å². The Labute approximate surface area is 116 Å². The number of H-pyrrole nitrogens is 1. The van der Waals surface area contributed by atoms with Crippen molar-refractivity contribution in [2.75, 3.05) is 0 Å². The van der Waals surface area contributed by atoms with Gasteiger partial charge in [0.15, 0.2) is 0 Å². The number of aromatic nitrogens is 1. The van der Waals surface area contributed by atoms with Gasteiger partial charge in [0, 0.05) is 10.9 Å². The van der Waals surface area contributed by atoms with Gasteiger partial charge in [-0.1, -0.05) is 12.1 Å². The molecule has 3 rings (SSSR count). The van der Waals surface area contributed by atoms with Crippen LogP contribution in [0.15, 0.2) is 29.6 Å². The molecular formula is C14H7FN2O2S. The van der Waals surface area contributed by atoms with Crippen molar-refractivity contribution in [2.24, 2.45) is 0 Å². The average Bonchev–Trinajstić information content (AvgIpc) is 2.98. The molecule has 1 aromatic carbocycles. The van der Waals surface area contributed by atoms with E-state index < -0.39 is 5.97 Å². The first kappa shape index (κ1) is 12.4. The molecule has 0 saturated heterocycles. The molecule has 0 spiro atoms. The van der Waals surface area contributed by atoms with Gasteiger partial charge in [0.05, 0.1) is 15.8 Å². The Bertz CT molecular complexity index is 856. The van der Waals surface area contributed by atoms with E-state index in [-0.39, 0.29) is 11.5 Å². The lowest BCUT2D eigenvalue weighted by atomic mass is 10.1. The molecule has 2 heterocycles. The summed E-state index contributed by atoms with van der Waals surface area (Å²) in [5.74, 6) is -1.50. The van der Waals surface area contributed by atoms with Gasteiger partial charge in [-0.2, -0.15) is 5.26 Å². The third-order valence-corrected chi connectivity index (χ3v) is 3.98. The second kappa shape index (κ2) is 4.47. The molecule has 0 saturated carbocycles. The SMILES string of the molecule is N#Cc1csc2c(-c3ccc(F)cc3)c(C(=O)O)[nH]c12. The first-order valence-corrected chi connectivity index (χ1v) is 6.52. The number of rotatable bonds is 2. The van der Waals surface area contributed by atoms with Crippen molar-refractivity contribution in [1.29, 1.82) is 5.26 Å². The van der Waals surface area contributed by atoms with Gasteiger partial charge in [-0.15, -0.1) is 11.3 Å². The summed E-state index contributed by atoms with van der Waals surface area (Å²) in [6, 6.07) is 7.62. The van der Waals surface area contributed by atoms with E-state index in [0.29, 0.717) is 26.9 Å². The van der Waals surface area contributed by atoms with Crippen LogP contribution in [0.3, 0.4) is 0 Å². The number of carboxylic acids is 1. The summed E-state index contributed by atoms with van der Waals surface area (Å²) >= 11 is 1.29. The Balaban J connectivity index is 2.35. The van der Waals surface area contributed by atoms with Crippen LogP contribution < -0.4 is 0 Å². The summed E-state index contributed by atoms with van der Waals surface area (Å²) in [5, 5.41) is 20.0. The maximum atomic E-state index is 13.0.